The van der Waals surface area contributed by atoms with Gasteiger partial charge in [0.1, 0.15) is 5.75 Å². The summed E-state index contributed by atoms with van der Waals surface area (Å²) in [4.78, 5) is 23.3. The van der Waals surface area contributed by atoms with Gasteiger partial charge in [-0.15, -0.1) is 8.78 Å². The molecule has 1 aliphatic rings. The number of amides is 2. The third-order valence-corrected chi connectivity index (χ3v) is 3.64. The van der Waals surface area contributed by atoms with Gasteiger partial charge >= 0.3 is 6.29 Å². The number of carbonyl (C=O) groups is 2. The second kappa shape index (κ2) is 7.59. The van der Waals surface area contributed by atoms with Gasteiger partial charge in [-0.1, -0.05) is 0 Å². The summed E-state index contributed by atoms with van der Waals surface area (Å²) in [5.41, 5.74) is 1.30. The first-order valence-electron chi connectivity index (χ1n) is 8.15. The minimum Gasteiger partial charge on any atom is -0.495 e. The minimum absolute atomic E-state index is 0.111. The average molecular weight is 393 g/mol. The maximum Gasteiger partial charge on any atom is 0.586 e. The topological polar surface area (TPSA) is 97.9 Å². The zero-order chi connectivity index (χ0) is 20.3. The van der Waals surface area contributed by atoms with E-state index in [9.17, 15) is 18.4 Å². The lowest BCUT2D eigenvalue weighted by Gasteiger charge is -2.13. The Morgan fingerprint density at radius 3 is 2.43 bits per heavy atom. The van der Waals surface area contributed by atoms with Crippen LogP contribution in [0.15, 0.2) is 36.4 Å². The van der Waals surface area contributed by atoms with Crippen LogP contribution in [-0.4, -0.2) is 31.8 Å². The number of fused-ring (bicyclic) bond motifs is 1. The monoisotopic (exact) mass is 393 g/mol. The van der Waals surface area contributed by atoms with Crippen molar-refractivity contribution < 1.29 is 32.6 Å². The van der Waals surface area contributed by atoms with Crippen molar-refractivity contribution in [2.24, 2.45) is 0 Å². The molecular formula is C18H17F2N3O5. The molecule has 2 amide bonds. The van der Waals surface area contributed by atoms with Gasteiger partial charge in [0.2, 0.25) is 11.8 Å². The molecule has 1 heterocycles. The van der Waals surface area contributed by atoms with E-state index in [2.05, 4.69) is 25.4 Å². The van der Waals surface area contributed by atoms with E-state index in [0.717, 1.165) is 0 Å². The molecule has 0 saturated heterocycles. The van der Waals surface area contributed by atoms with E-state index in [-0.39, 0.29) is 29.6 Å². The van der Waals surface area contributed by atoms with Crippen LogP contribution in [0.1, 0.15) is 6.92 Å². The molecule has 10 heteroatoms. The molecule has 0 aliphatic carbocycles. The van der Waals surface area contributed by atoms with E-state index in [0.29, 0.717) is 17.1 Å². The molecule has 0 unspecified atom stereocenters. The molecule has 0 atom stereocenters. The molecule has 1 aliphatic heterocycles. The fraction of sp³-hybridized carbons (Fsp3) is 0.222. The number of nitrogens with one attached hydrogen (secondary N) is 3. The number of alkyl halides is 2. The molecular weight excluding hydrogens is 376 g/mol. The van der Waals surface area contributed by atoms with Gasteiger partial charge in [0.05, 0.1) is 19.3 Å². The van der Waals surface area contributed by atoms with Crippen LogP contribution < -0.4 is 30.2 Å². The summed E-state index contributed by atoms with van der Waals surface area (Å²) in [6.45, 7) is 1.25. The summed E-state index contributed by atoms with van der Waals surface area (Å²) in [7, 11) is 1.47. The second-order valence-corrected chi connectivity index (χ2v) is 5.83. The Balaban J connectivity index is 1.63. The van der Waals surface area contributed by atoms with Gasteiger partial charge in [0.15, 0.2) is 11.5 Å². The third kappa shape index (κ3) is 4.58. The first kappa shape index (κ1) is 19.2. The number of ether oxygens (including phenoxy) is 3. The zero-order valence-corrected chi connectivity index (χ0v) is 15.0. The maximum atomic E-state index is 13.0. The van der Waals surface area contributed by atoms with Gasteiger partial charge in [-0.25, -0.2) is 0 Å². The first-order chi connectivity index (χ1) is 13.3. The smallest absolute Gasteiger partial charge is 0.495 e. The quantitative estimate of drug-likeness (QED) is 0.698. The van der Waals surface area contributed by atoms with Crippen molar-refractivity contribution in [3.63, 3.8) is 0 Å². The van der Waals surface area contributed by atoms with Crippen molar-refractivity contribution in [3.8, 4) is 17.2 Å². The Labute approximate surface area is 158 Å². The van der Waals surface area contributed by atoms with Gasteiger partial charge in [0.25, 0.3) is 0 Å². The minimum atomic E-state index is -3.72. The summed E-state index contributed by atoms with van der Waals surface area (Å²) in [6.07, 6.45) is -3.72. The highest BCUT2D eigenvalue weighted by molar-refractivity contribution is 5.94. The molecule has 3 N–H and O–H groups in total. The summed E-state index contributed by atoms with van der Waals surface area (Å²) in [5, 5.41) is 8.09. The van der Waals surface area contributed by atoms with Crippen LogP contribution in [-0.2, 0) is 9.59 Å². The van der Waals surface area contributed by atoms with Crippen LogP contribution in [0.25, 0.3) is 0 Å². The molecule has 3 rings (SSSR count). The summed E-state index contributed by atoms with van der Waals surface area (Å²) in [5.74, 6) is -0.465. The van der Waals surface area contributed by atoms with Gasteiger partial charge in [-0.2, -0.15) is 0 Å². The lowest BCUT2D eigenvalue weighted by molar-refractivity contribution is -0.286. The molecule has 0 bridgehead atoms. The second-order valence-electron chi connectivity index (χ2n) is 5.83. The molecule has 0 aromatic heterocycles. The van der Waals surface area contributed by atoms with Crippen LogP contribution in [0, 0.1) is 0 Å². The Bertz CT molecular complexity index is 920. The molecule has 0 saturated carbocycles. The third-order valence-electron chi connectivity index (χ3n) is 3.64. The molecule has 0 spiro atoms. The maximum absolute atomic E-state index is 13.0. The summed E-state index contributed by atoms with van der Waals surface area (Å²) < 4.78 is 39.9. The van der Waals surface area contributed by atoms with Crippen molar-refractivity contribution in [3.05, 3.63) is 36.4 Å². The van der Waals surface area contributed by atoms with Gasteiger partial charge in [0, 0.05) is 24.4 Å². The number of hydrogen-bond donors (Lipinski definition) is 3. The molecule has 2 aromatic carbocycles. The van der Waals surface area contributed by atoms with Crippen molar-refractivity contribution in [2.75, 3.05) is 29.6 Å². The van der Waals surface area contributed by atoms with E-state index in [1.54, 1.807) is 18.2 Å². The fourth-order valence-electron chi connectivity index (χ4n) is 2.53. The van der Waals surface area contributed by atoms with E-state index < -0.39 is 12.2 Å². The zero-order valence-electron chi connectivity index (χ0n) is 15.0. The van der Waals surface area contributed by atoms with Crippen LogP contribution in [0.4, 0.5) is 25.8 Å². The molecule has 0 fully saturated rings. The van der Waals surface area contributed by atoms with Crippen molar-refractivity contribution in [1.29, 1.82) is 0 Å². The predicted octanol–water partition coefficient (Wildman–Crippen LogP) is 3.03. The number of halogens is 2. The van der Waals surface area contributed by atoms with E-state index in [4.69, 9.17) is 4.74 Å². The number of carbonyl (C=O) groups excluding carboxylic acids is 2. The molecule has 28 heavy (non-hydrogen) atoms. The predicted molar refractivity (Wildman–Crippen MR) is 97.1 cm³/mol. The lowest BCUT2D eigenvalue weighted by Crippen LogP contribution is -2.26. The number of hydrogen-bond acceptors (Lipinski definition) is 6. The van der Waals surface area contributed by atoms with Gasteiger partial charge < -0.3 is 30.2 Å². The van der Waals surface area contributed by atoms with Crippen molar-refractivity contribution in [2.45, 2.75) is 13.2 Å². The Morgan fingerprint density at radius 2 is 1.71 bits per heavy atom. The molecule has 148 valence electrons. The Hall–Kier alpha value is -3.56. The highest BCUT2D eigenvalue weighted by Gasteiger charge is 2.43. The lowest BCUT2D eigenvalue weighted by atomic mass is 10.2. The van der Waals surface area contributed by atoms with Crippen LogP contribution in [0.3, 0.4) is 0 Å². The summed E-state index contributed by atoms with van der Waals surface area (Å²) >= 11 is 0. The normalized spacial score (nSPS) is 13.6. The molecule has 8 nitrogen and oxygen atoms in total. The molecule has 2 aromatic rings. The number of methoxy groups -OCH3 is 1. The van der Waals surface area contributed by atoms with Gasteiger partial charge in [-0.05, 0) is 30.3 Å². The van der Waals surface area contributed by atoms with E-state index >= 15 is 0 Å². The largest absolute Gasteiger partial charge is 0.586 e. The Morgan fingerprint density at radius 1 is 1.04 bits per heavy atom. The SMILES string of the molecule is COc1ccc(NC(C)=O)cc1NCC(=O)Nc1ccc2c(c1)OC(F)(F)O2. The molecule has 0 radical (unpaired) electrons. The van der Waals surface area contributed by atoms with Gasteiger partial charge in [-0.3, -0.25) is 9.59 Å². The van der Waals surface area contributed by atoms with Crippen molar-refractivity contribution in [1.82, 2.24) is 0 Å². The van der Waals surface area contributed by atoms with Crippen LogP contribution >= 0.6 is 0 Å². The highest BCUT2D eigenvalue weighted by Crippen LogP contribution is 2.42. The van der Waals surface area contributed by atoms with Crippen molar-refractivity contribution >= 4 is 28.9 Å². The van der Waals surface area contributed by atoms with E-state index in [1.165, 1.54) is 32.2 Å². The number of rotatable bonds is 6. The highest BCUT2D eigenvalue weighted by atomic mass is 19.3. The van der Waals surface area contributed by atoms with Crippen LogP contribution in [0.5, 0.6) is 17.2 Å². The number of benzene rings is 2. The first-order valence-corrected chi connectivity index (χ1v) is 8.15. The van der Waals surface area contributed by atoms with E-state index in [1.807, 2.05) is 0 Å². The fourth-order valence-corrected chi connectivity index (χ4v) is 2.53. The van der Waals surface area contributed by atoms with Crippen LogP contribution in [0.2, 0.25) is 0 Å². The standard InChI is InChI=1S/C18H17F2N3O5/c1-10(24)22-11-3-5-14(26-2)13(7-11)21-9-17(25)23-12-4-6-15-16(8-12)28-18(19,20)27-15/h3-8,21H,9H2,1-2H3,(H,22,24)(H,23,25). The Kier molecular flexibility index (Phi) is 5.21. The summed E-state index contributed by atoms with van der Waals surface area (Å²) in [6, 6.07) is 8.86. The average Bonchev–Trinajstić information content (AvgIpc) is 2.92. The number of anilines is 3.